The van der Waals surface area contributed by atoms with Gasteiger partial charge in [0.2, 0.25) is 0 Å². The Balaban J connectivity index is 0.00000272. The summed E-state index contributed by atoms with van der Waals surface area (Å²) in [5.74, 6) is 0.595. The van der Waals surface area contributed by atoms with Gasteiger partial charge in [0.1, 0.15) is 12.4 Å². The number of halogens is 1. The molecular formula is C25H24ClN3O2. The Morgan fingerprint density at radius 2 is 1.71 bits per heavy atom. The lowest BCUT2D eigenvalue weighted by atomic mass is 10.1. The molecule has 0 saturated heterocycles. The van der Waals surface area contributed by atoms with Crippen molar-refractivity contribution >= 4 is 40.6 Å². The third kappa shape index (κ3) is 5.13. The molecule has 0 spiro atoms. The molecule has 158 valence electrons. The van der Waals surface area contributed by atoms with Crippen molar-refractivity contribution in [1.82, 2.24) is 4.98 Å². The molecule has 5 nitrogen and oxygen atoms in total. The highest BCUT2D eigenvalue weighted by Gasteiger charge is 2.13. The van der Waals surface area contributed by atoms with E-state index in [4.69, 9.17) is 4.74 Å². The quantitative estimate of drug-likeness (QED) is 0.401. The van der Waals surface area contributed by atoms with Gasteiger partial charge in [-0.05, 0) is 49.4 Å². The molecule has 1 amide bonds. The van der Waals surface area contributed by atoms with Crippen molar-refractivity contribution < 1.29 is 9.53 Å². The number of nitrogens with zero attached hydrogens (tertiary/aromatic N) is 1. The van der Waals surface area contributed by atoms with Gasteiger partial charge in [-0.25, -0.2) is 0 Å². The number of nitrogens with one attached hydrogen (secondary N) is 2. The molecule has 0 unspecified atom stereocenters. The second-order valence-corrected chi connectivity index (χ2v) is 7.01. The number of hydrogen-bond donors (Lipinski definition) is 2. The standard InChI is InChI=1S/C25H23N3O2.ClH/c1-17-14-24(26-2)22-15-19(12-13-23(22)27-17)28-25(29)21-11-7-6-8-18(21)16-30-20-9-4-3-5-10-20;/h3-15H,16H2,1-2H3,(H,26,27)(H,28,29);1H. The number of aromatic nitrogens is 1. The second kappa shape index (κ2) is 9.96. The van der Waals surface area contributed by atoms with E-state index in [-0.39, 0.29) is 18.3 Å². The first kappa shape index (κ1) is 22.1. The lowest BCUT2D eigenvalue weighted by Gasteiger charge is -2.13. The molecule has 0 bridgehead atoms. The van der Waals surface area contributed by atoms with Crippen molar-refractivity contribution in [3.05, 3.63) is 95.7 Å². The van der Waals surface area contributed by atoms with E-state index in [0.717, 1.165) is 33.6 Å². The lowest BCUT2D eigenvalue weighted by Crippen LogP contribution is -2.15. The van der Waals surface area contributed by atoms with Crippen molar-refractivity contribution in [3.63, 3.8) is 0 Å². The topological polar surface area (TPSA) is 63.2 Å². The van der Waals surface area contributed by atoms with Crippen LogP contribution < -0.4 is 15.4 Å². The monoisotopic (exact) mass is 433 g/mol. The minimum Gasteiger partial charge on any atom is -0.489 e. The van der Waals surface area contributed by atoms with E-state index in [2.05, 4.69) is 15.6 Å². The van der Waals surface area contributed by atoms with Crippen LogP contribution in [0.4, 0.5) is 11.4 Å². The smallest absolute Gasteiger partial charge is 0.256 e. The summed E-state index contributed by atoms with van der Waals surface area (Å²) in [7, 11) is 1.88. The van der Waals surface area contributed by atoms with E-state index < -0.39 is 0 Å². The van der Waals surface area contributed by atoms with Gasteiger partial charge < -0.3 is 15.4 Å². The number of carbonyl (C=O) groups is 1. The zero-order valence-corrected chi connectivity index (χ0v) is 18.2. The largest absolute Gasteiger partial charge is 0.489 e. The second-order valence-electron chi connectivity index (χ2n) is 7.01. The molecule has 2 N–H and O–H groups in total. The minimum atomic E-state index is -0.173. The third-order valence-corrected chi connectivity index (χ3v) is 4.86. The van der Waals surface area contributed by atoms with Crippen LogP contribution in [-0.4, -0.2) is 17.9 Å². The summed E-state index contributed by atoms with van der Waals surface area (Å²) in [6.45, 7) is 2.28. The fraction of sp³-hybridized carbons (Fsp3) is 0.120. The summed E-state index contributed by atoms with van der Waals surface area (Å²) < 4.78 is 5.84. The van der Waals surface area contributed by atoms with Crippen LogP contribution in [0.15, 0.2) is 78.9 Å². The first-order valence-corrected chi connectivity index (χ1v) is 9.80. The van der Waals surface area contributed by atoms with Gasteiger partial charge in [-0.15, -0.1) is 12.4 Å². The van der Waals surface area contributed by atoms with Crippen LogP contribution in [-0.2, 0) is 6.61 Å². The summed E-state index contributed by atoms with van der Waals surface area (Å²) in [6, 6.07) is 24.8. The molecule has 0 radical (unpaired) electrons. The number of ether oxygens (including phenoxy) is 1. The molecule has 31 heavy (non-hydrogen) atoms. The van der Waals surface area contributed by atoms with Crippen LogP contribution in [0.25, 0.3) is 10.9 Å². The Kier molecular flexibility index (Phi) is 7.11. The average Bonchev–Trinajstić information content (AvgIpc) is 2.78. The Bertz CT molecular complexity index is 1200. The van der Waals surface area contributed by atoms with Gasteiger partial charge in [-0.2, -0.15) is 0 Å². The maximum absolute atomic E-state index is 13.0. The van der Waals surface area contributed by atoms with Crippen molar-refractivity contribution in [2.24, 2.45) is 0 Å². The van der Waals surface area contributed by atoms with Gasteiger partial charge in [-0.3, -0.25) is 9.78 Å². The maximum Gasteiger partial charge on any atom is 0.256 e. The molecule has 1 heterocycles. The van der Waals surface area contributed by atoms with Crippen molar-refractivity contribution in [2.75, 3.05) is 17.7 Å². The molecule has 0 atom stereocenters. The number of amides is 1. The molecule has 0 fully saturated rings. The normalized spacial score (nSPS) is 10.3. The van der Waals surface area contributed by atoms with Gasteiger partial charge in [-0.1, -0.05) is 36.4 Å². The molecule has 0 aliphatic heterocycles. The molecule has 1 aromatic heterocycles. The predicted molar refractivity (Wildman–Crippen MR) is 128 cm³/mol. The number of pyridine rings is 1. The minimum absolute atomic E-state index is 0. The highest BCUT2D eigenvalue weighted by atomic mass is 35.5. The van der Waals surface area contributed by atoms with E-state index >= 15 is 0 Å². The molecule has 0 aliphatic rings. The highest BCUT2D eigenvalue weighted by molar-refractivity contribution is 6.06. The summed E-state index contributed by atoms with van der Waals surface area (Å²) in [5.41, 5.74) is 4.93. The van der Waals surface area contributed by atoms with Crippen LogP contribution in [0.3, 0.4) is 0 Å². The van der Waals surface area contributed by atoms with Crippen LogP contribution in [0.5, 0.6) is 5.75 Å². The van der Waals surface area contributed by atoms with Gasteiger partial charge >= 0.3 is 0 Å². The predicted octanol–water partition coefficient (Wildman–Crippen LogP) is 5.84. The first-order chi connectivity index (χ1) is 14.6. The maximum atomic E-state index is 13.0. The summed E-state index contributed by atoms with van der Waals surface area (Å²) >= 11 is 0. The first-order valence-electron chi connectivity index (χ1n) is 9.80. The number of benzene rings is 3. The van der Waals surface area contributed by atoms with Crippen molar-refractivity contribution in [1.29, 1.82) is 0 Å². The van der Waals surface area contributed by atoms with Crippen LogP contribution in [0, 0.1) is 6.92 Å². The lowest BCUT2D eigenvalue weighted by molar-refractivity contribution is 0.102. The Morgan fingerprint density at radius 3 is 2.48 bits per heavy atom. The number of para-hydroxylation sites is 1. The van der Waals surface area contributed by atoms with E-state index in [1.807, 2.05) is 92.8 Å². The van der Waals surface area contributed by atoms with Gasteiger partial charge in [0.05, 0.1) is 5.52 Å². The Morgan fingerprint density at radius 1 is 0.968 bits per heavy atom. The van der Waals surface area contributed by atoms with E-state index in [1.165, 1.54) is 0 Å². The highest BCUT2D eigenvalue weighted by Crippen LogP contribution is 2.26. The molecule has 6 heteroatoms. The molecule has 0 aliphatic carbocycles. The number of anilines is 2. The van der Waals surface area contributed by atoms with E-state index in [9.17, 15) is 4.79 Å². The Hall–Kier alpha value is -3.57. The van der Waals surface area contributed by atoms with Crippen LogP contribution >= 0.6 is 12.4 Å². The third-order valence-electron chi connectivity index (χ3n) is 4.86. The summed E-state index contributed by atoms with van der Waals surface area (Å²) in [4.78, 5) is 17.6. The van der Waals surface area contributed by atoms with Gasteiger partial charge in [0.25, 0.3) is 5.91 Å². The number of aryl methyl sites for hydroxylation is 1. The molecule has 4 rings (SSSR count). The number of fused-ring (bicyclic) bond motifs is 1. The summed E-state index contributed by atoms with van der Waals surface area (Å²) in [6.07, 6.45) is 0. The van der Waals surface area contributed by atoms with Gasteiger partial charge in [0, 0.05) is 40.6 Å². The number of hydrogen-bond acceptors (Lipinski definition) is 4. The average molecular weight is 434 g/mol. The fourth-order valence-corrected chi connectivity index (χ4v) is 3.39. The zero-order chi connectivity index (χ0) is 20.9. The molecule has 0 saturated carbocycles. The number of carbonyl (C=O) groups excluding carboxylic acids is 1. The fourth-order valence-electron chi connectivity index (χ4n) is 3.39. The zero-order valence-electron chi connectivity index (χ0n) is 17.4. The van der Waals surface area contributed by atoms with Crippen molar-refractivity contribution in [2.45, 2.75) is 13.5 Å². The van der Waals surface area contributed by atoms with E-state index in [1.54, 1.807) is 0 Å². The summed E-state index contributed by atoms with van der Waals surface area (Å²) in [5, 5.41) is 7.16. The molecule has 4 aromatic rings. The van der Waals surface area contributed by atoms with Gasteiger partial charge in [0.15, 0.2) is 0 Å². The van der Waals surface area contributed by atoms with E-state index in [0.29, 0.717) is 17.9 Å². The molecule has 3 aromatic carbocycles. The van der Waals surface area contributed by atoms with Crippen LogP contribution in [0.1, 0.15) is 21.6 Å². The number of rotatable bonds is 6. The Labute approximate surface area is 187 Å². The molecular weight excluding hydrogens is 410 g/mol. The van der Waals surface area contributed by atoms with Crippen molar-refractivity contribution in [3.8, 4) is 5.75 Å². The van der Waals surface area contributed by atoms with Crippen LogP contribution in [0.2, 0.25) is 0 Å². The SMILES string of the molecule is CNc1cc(C)nc2ccc(NC(=O)c3ccccc3COc3ccccc3)cc12.Cl.